The van der Waals surface area contributed by atoms with E-state index in [1.165, 1.54) is 59.1 Å². The van der Waals surface area contributed by atoms with Crippen molar-refractivity contribution in [3.8, 4) is 0 Å². The highest BCUT2D eigenvalue weighted by Gasteiger charge is 2.47. The van der Waals surface area contributed by atoms with E-state index < -0.39 is 84.4 Å². The minimum atomic E-state index is -4.78. The first kappa shape index (κ1) is 63.1. The van der Waals surface area contributed by atoms with Crippen LogP contribution >= 0.6 is 19.2 Å². The number of imidazole rings is 1. The molecule has 4 aliphatic rings. The molecule has 6 atom stereocenters. The first-order valence-electron chi connectivity index (χ1n) is 29.5. The summed E-state index contributed by atoms with van der Waals surface area (Å²) in [5, 5.41) is 11.6. The van der Waals surface area contributed by atoms with Gasteiger partial charge in [-0.1, -0.05) is 43.6 Å². The van der Waals surface area contributed by atoms with Gasteiger partial charge in [0, 0.05) is 73.0 Å². The topological polar surface area (TPSA) is 324 Å². The van der Waals surface area contributed by atoms with Crippen molar-refractivity contribution in [2.45, 2.75) is 166 Å². The smallest absolute Gasteiger partial charge is 0.370 e. The van der Waals surface area contributed by atoms with Crippen LogP contribution in [0.1, 0.15) is 161 Å². The zero-order valence-corrected chi connectivity index (χ0v) is 50.9. The summed E-state index contributed by atoms with van der Waals surface area (Å²) in [5.74, 6) is -4.22. The van der Waals surface area contributed by atoms with E-state index in [9.17, 15) is 52.6 Å². The number of fused-ring (bicyclic) bond motifs is 3. The quantitative estimate of drug-likeness (QED) is 0.0374. The highest BCUT2D eigenvalue weighted by molar-refractivity contribution is 7.71. The van der Waals surface area contributed by atoms with Gasteiger partial charge in [0.05, 0.1) is 16.6 Å². The molecule has 2 aromatic heterocycles. The van der Waals surface area contributed by atoms with Crippen LogP contribution in [0.5, 0.6) is 0 Å². The number of amides is 8. The minimum Gasteiger partial charge on any atom is -0.370 e. The Hall–Kier alpha value is -7.46. The molecule has 1 saturated carbocycles. The van der Waals surface area contributed by atoms with Gasteiger partial charge in [0.1, 0.15) is 29.9 Å². The normalized spacial score (nSPS) is 22.2. The molecule has 8 N–H and O–H groups in total. The molecule has 25 heteroatoms. The number of nitrogens with two attached hydrogens (primary N) is 1. The second kappa shape index (κ2) is 25.9. The fraction of sp³-hybridized carbons (Fsp3) is 0.508. The summed E-state index contributed by atoms with van der Waals surface area (Å²) in [7, 11) is -3.12. The van der Waals surface area contributed by atoms with E-state index in [-0.39, 0.29) is 92.3 Å². The van der Waals surface area contributed by atoms with E-state index in [0.717, 1.165) is 30.4 Å². The van der Waals surface area contributed by atoms with Crippen molar-refractivity contribution in [2.24, 2.45) is 24.6 Å². The highest BCUT2D eigenvalue weighted by Crippen LogP contribution is 2.49. The summed E-state index contributed by atoms with van der Waals surface area (Å²) in [6.07, 6.45) is 5.09. The van der Waals surface area contributed by atoms with Crippen LogP contribution in [0.15, 0.2) is 65.5 Å². The molecule has 0 radical (unpaired) electrons. The van der Waals surface area contributed by atoms with Crippen LogP contribution in [-0.2, 0) is 62.7 Å². The maximum atomic E-state index is 15.2. The van der Waals surface area contributed by atoms with E-state index in [1.807, 2.05) is 50.2 Å². The lowest BCUT2D eigenvalue weighted by Crippen LogP contribution is -2.62. The van der Waals surface area contributed by atoms with Crippen molar-refractivity contribution in [3.05, 3.63) is 104 Å². The highest BCUT2D eigenvalue weighted by atomic mass is 35.5. The summed E-state index contributed by atoms with van der Waals surface area (Å²) >= 11 is 6.57. The second-order valence-electron chi connectivity index (χ2n) is 24.7. The molecule has 5 aromatic rings. The summed E-state index contributed by atoms with van der Waals surface area (Å²) in [6, 6.07) is 11.8. The van der Waals surface area contributed by atoms with Gasteiger partial charge in [-0.05, 0) is 162 Å². The largest absolute Gasteiger partial charge is 0.399 e. The number of carbonyl (C=O) groups is 9. The number of aromatic nitrogens is 3. The predicted octanol–water partition coefficient (Wildman–Crippen LogP) is 5.91. The van der Waals surface area contributed by atoms with Crippen LogP contribution in [0, 0.1) is 11.8 Å². The Morgan fingerprint density at radius 2 is 1.64 bits per heavy atom. The van der Waals surface area contributed by atoms with Crippen LogP contribution in [0.2, 0.25) is 5.02 Å². The maximum absolute atomic E-state index is 15.2. The number of aryl methyl sites for hydroxylation is 2. The Labute approximate surface area is 502 Å². The van der Waals surface area contributed by atoms with Gasteiger partial charge in [-0.15, -0.1) is 0 Å². The van der Waals surface area contributed by atoms with Gasteiger partial charge in [-0.25, -0.2) is 4.79 Å². The molecule has 3 saturated heterocycles. The number of primary amides is 1. The van der Waals surface area contributed by atoms with Crippen molar-refractivity contribution in [1.82, 2.24) is 45.2 Å². The Kier molecular flexibility index (Phi) is 19.0. The third-order valence-corrected chi connectivity index (χ3v) is 19.0. The minimum absolute atomic E-state index is 0.0237. The van der Waals surface area contributed by atoms with Gasteiger partial charge in [0.25, 0.3) is 11.4 Å². The maximum Gasteiger partial charge on any atom is 0.399 e. The van der Waals surface area contributed by atoms with Crippen LogP contribution in [0.3, 0.4) is 0 Å². The average molecular weight is 1220 g/mol. The number of hydrogen-bond donors (Lipinski definition) is 7. The van der Waals surface area contributed by atoms with Crippen molar-refractivity contribution in [3.63, 3.8) is 0 Å². The van der Waals surface area contributed by atoms with E-state index in [0.29, 0.717) is 70.5 Å². The SMILES string of the molecule is CC(C)c1ccc(CNC(=O)[C@H](CCC(N)=O)NC(=O)[C@@H]2CC[C@@H]3CCN(C(=O)C4CCC(CCc5ccc6c(c5)n(C)c(=O)n6C5CCC(=O)NC5=O)CC4)C[C@H](NC(=O)c4cc5cc(C(=O)P(=O)(O)OC(C)(C)C)ccc5[nH]4)C(=O)N32)c(Cl)c1. The predicted molar refractivity (Wildman–Crippen MR) is 320 cm³/mol. The number of H-pyrrole nitrogens is 1. The zero-order valence-electron chi connectivity index (χ0n) is 49.2. The Balaban J connectivity index is 0.904. The van der Waals surface area contributed by atoms with Crippen molar-refractivity contribution < 1.29 is 57.1 Å². The summed E-state index contributed by atoms with van der Waals surface area (Å²) < 4.78 is 21.2. The summed E-state index contributed by atoms with van der Waals surface area (Å²) in [5.41, 5.74) is 7.08. The molecule has 23 nitrogen and oxygen atoms in total. The van der Waals surface area contributed by atoms with E-state index >= 15 is 4.79 Å². The van der Waals surface area contributed by atoms with Crippen LogP contribution in [-0.4, -0.2) is 124 Å². The number of nitrogens with zero attached hydrogens (tertiary/aromatic N) is 4. The van der Waals surface area contributed by atoms with E-state index in [4.69, 9.17) is 21.9 Å². The molecule has 8 amide bonds. The Morgan fingerprint density at radius 3 is 2.33 bits per heavy atom. The number of carbonyl (C=O) groups excluding carboxylic acids is 9. The van der Waals surface area contributed by atoms with E-state index in [2.05, 4.69) is 26.3 Å². The summed E-state index contributed by atoms with van der Waals surface area (Å²) in [4.78, 5) is 153. The fourth-order valence-electron chi connectivity index (χ4n) is 12.5. The fourth-order valence-corrected chi connectivity index (χ4v) is 14.0. The van der Waals surface area contributed by atoms with Gasteiger partial charge in [0.2, 0.25) is 41.4 Å². The number of nitrogens with one attached hydrogen (secondary N) is 5. The molecule has 2 unspecified atom stereocenters. The van der Waals surface area contributed by atoms with Crippen LogP contribution in [0.25, 0.3) is 21.9 Å². The molecule has 3 aromatic carbocycles. The molecule has 1 aliphatic carbocycles. The van der Waals surface area contributed by atoms with Gasteiger partial charge >= 0.3 is 13.3 Å². The number of rotatable bonds is 19. The molecule has 4 fully saturated rings. The van der Waals surface area contributed by atoms with Gasteiger partial charge in [-0.2, -0.15) is 0 Å². The molecular formula is C61H76ClN10O13P. The first-order valence-corrected chi connectivity index (χ1v) is 31.4. The summed E-state index contributed by atoms with van der Waals surface area (Å²) in [6.45, 7) is 8.66. The molecule has 86 heavy (non-hydrogen) atoms. The number of halogens is 1. The van der Waals surface area contributed by atoms with Gasteiger partial charge in [0.15, 0.2) is 0 Å². The second-order valence-corrected chi connectivity index (χ2v) is 26.7. The lowest BCUT2D eigenvalue weighted by molar-refractivity contribution is -0.147. The number of imide groups is 1. The molecule has 0 spiro atoms. The number of benzene rings is 3. The Morgan fingerprint density at radius 1 is 0.895 bits per heavy atom. The number of piperidine rings is 1. The molecular weight excluding hydrogens is 1150 g/mol. The van der Waals surface area contributed by atoms with Crippen molar-refractivity contribution >= 4 is 93.9 Å². The molecule has 9 rings (SSSR count). The first-order chi connectivity index (χ1) is 40.7. The third-order valence-electron chi connectivity index (χ3n) is 17.1. The van der Waals surface area contributed by atoms with Crippen molar-refractivity contribution in [1.29, 1.82) is 0 Å². The molecule has 3 aliphatic heterocycles. The lowest BCUT2D eigenvalue weighted by Gasteiger charge is -2.40. The van der Waals surface area contributed by atoms with Crippen LogP contribution < -0.4 is 32.7 Å². The Bertz CT molecular complexity index is 3630. The zero-order chi connectivity index (χ0) is 62.1. The third kappa shape index (κ3) is 14.2. The lowest BCUT2D eigenvalue weighted by atomic mass is 9.79. The monoisotopic (exact) mass is 1220 g/mol. The molecule has 5 heterocycles. The number of hydrogen-bond acceptors (Lipinski definition) is 12. The molecule has 0 bridgehead atoms. The average Bonchev–Trinajstić information content (AvgIpc) is 1.77. The van der Waals surface area contributed by atoms with Crippen LogP contribution in [0.4, 0.5) is 0 Å². The molecule has 460 valence electrons. The standard InChI is InChI=1S/C61H76ClN10O13P/c1-33(2)37-14-15-39(42(62)29-37)31-64-53(75)44(19-23-51(63)73)66-55(77)48-21-17-41-25-26-70(32-46(58(80)71(41)48)67-54(76)45-30-40-28-38(16-18-43(40)65-45)59(81)86(83,84)85-61(3,4)5)57(79)36-12-9-34(10-13-36)7-8-35-11-20-47-50(27-35)69(6)60(82)72(47)49-22-24-52(74)68-56(49)78/h11,14-16,18,20,27-30,33-34,36,41,44,46,48-49,65H,7-10,12-13,17,19,21-26,31-32H2,1-6H3,(H2,63,73)(H,64,75)(H,66,77)(H,67,76)(H,83,84)(H,68,74,78)/t34?,36?,41-,44+,46+,48+,49?/m1/s1. The number of aromatic amines is 1. The van der Waals surface area contributed by atoms with Crippen molar-refractivity contribution in [2.75, 3.05) is 13.1 Å². The van der Waals surface area contributed by atoms with E-state index in [1.54, 1.807) is 11.9 Å². The van der Waals surface area contributed by atoms with Gasteiger partial charge < -0.3 is 41.4 Å². The van der Waals surface area contributed by atoms with Gasteiger partial charge in [-0.3, -0.25) is 66.7 Å².